The highest BCUT2D eigenvalue weighted by molar-refractivity contribution is 5.78. The lowest BCUT2D eigenvalue weighted by Gasteiger charge is -2.17. The van der Waals surface area contributed by atoms with Crippen LogP contribution in [-0.2, 0) is 4.79 Å². The molecule has 0 saturated heterocycles. The van der Waals surface area contributed by atoms with Crippen LogP contribution in [0.1, 0.15) is 226 Å². The molecule has 0 radical (unpaired) electrons. The van der Waals surface area contributed by atoms with E-state index in [1.165, 1.54) is 180 Å². The zero-order chi connectivity index (χ0) is 35.9. The molecule has 0 N–H and O–H groups in total. The number of nitrogens with zero attached hydrogens (tertiary/aromatic N) is 1. The van der Waals surface area contributed by atoms with Gasteiger partial charge in [-0.2, -0.15) is 0 Å². The summed E-state index contributed by atoms with van der Waals surface area (Å²) in [5.74, 6) is 2.07. The number of unbranched alkanes of at least 4 members (excludes halogenated alkanes) is 17. The van der Waals surface area contributed by atoms with Crippen LogP contribution in [0.25, 0.3) is 0 Å². The number of carbonyl (C=O) groups is 1. The summed E-state index contributed by atoms with van der Waals surface area (Å²) in [6.07, 6.45) is 55.5. The van der Waals surface area contributed by atoms with Gasteiger partial charge in [0.2, 0.25) is 0 Å². The molecule has 0 aromatic heterocycles. The second kappa shape index (κ2) is 39.6. The maximum absolute atomic E-state index is 12.9. The fraction of sp³-hybridized carbons (Fsp3) is 0.851. The Morgan fingerprint density at radius 1 is 0.449 bits per heavy atom. The van der Waals surface area contributed by atoms with E-state index in [1.54, 1.807) is 0 Å². The second-order valence-corrected chi connectivity index (χ2v) is 15.7. The van der Waals surface area contributed by atoms with E-state index in [0.29, 0.717) is 11.7 Å². The van der Waals surface area contributed by atoms with Gasteiger partial charge < -0.3 is 4.90 Å². The van der Waals surface area contributed by atoms with Crippen molar-refractivity contribution in [2.75, 3.05) is 20.6 Å². The van der Waals surface area contributed by atoms with Crippen molar-refractivity contribution >= 4 is 5.78 Å². The van der Waals surface area contributed by atoms with Crippen LogP contribution in [0.4, 0.5) is 0 Å². The van der Waals surface area contributed by atoms with Crippen LogP contribution < -0.4 is 0 Å². The fourth-order valence-electron chi connectivity index (χ4n) is 7.30. The largest absolute Gasteiger partial charge is 0.309 e. The number of allylic oxidation sites excluding steroid dienone is 6. The summed E-state index contributed by atoms with van der Waals surface area (Å²) in [5.41, 5.74) is 0. The van der Waals surface area contributed by atoms with Crippen molar-refractivity contribution in [3.8, 4) is 0 Å². The minimum Gasteiger partial charge on any atom is -0.309 e. The molecule has 0 aromatic rings. The van der Waals surface area contributed by atoms with Gasteiger partial charge >= 0.3 is 0 Å². The maximum Gasteiger partial charge on any atom is 0.133 e. The molecule has 0 rings (SSSR count). The molecule has 0 bridgehead atoms. The fourth-order valence-corrected chi connectivity index (χ4v) is 7.30. The smallest absolute Gasteiger partial charge is 0.133 e. The molecule has 0 fully saturated rings. The van der Waals surface area contributed by atoms with Gasteiger partial charge in [-0.25, -0.2) is 0 Å². The third kappa shape index (κ3) is 37.9. The first-order valence-electron chi connectivity index (χ1n) is 22.1. The van der Waals surface area contributed by atoms with Crippen LogP contribution in [0, 0.1) is 11.8 Å². The van der Waals surface area contributed by atoms with E-state index in [-0.39, 0.29) is 0 Å². The Balaban J connectivity index is 4.38. The minimum atomic E-state index is 0.531. The molecular formula is C47H89NO. The summed E-state index contributed by atoms with van der Waals surface area (Å²) in [7, 11) is 4.26. The van der Waals surface area contributed by atoms with Gasteiger partial charge in [0.05, 0.1) is 0 Å². The van der Waals surface area contributed by atoms with Gasteiger partial charge in [-0.05, 0) is 110 Å². The topological polar surface area (TPSA) is 20.3 Å². The summed E-state index contributed by atoms with van der Waals surface area (Å²) in [5, 5.41) is 0. The molecule has 0 spiro atoms. The van der Waals surface area contributed by atoms with E-state index >= 15 is 0 Å². The van der Waals surface area contributed by atoms with Crippen molar-refractivity contribution in [2.45, 2.75) is 226 Å². The number of Topliss-reactive ketones (excluding diaryl/α,β-unsaturated/α-hetero) is 1. The van der Waals surface area contributed by atoms with Gasteiger partial charge in [0, 0.05) is 12.8 Å². The number of carbonyl (C=O) groups excluding carboxylic acids is 1. The van der Waals surface area contributed by atoms with Crippen molar-refractivity contribution in [3.05, 3.63) is 36.5 Å². The molecule has 0 aliphatic rings. The highest BCUT2D eigenvalue weighted by Crippen LogP contribution is 2.26. The first-order chi connectivity index (χ1) is 24.0. The van der Waals surface area contributed by atoms with Crippen LogP contribution in [-0.4, -0.2) is 31.3 Å². The molecule has 1 unspecified atom stereocenters. The molecule has 0 aromatic carbocycles. The molecule has 0 amide bonds. The Morgan fingerprint density at radius 2 is 0.857 bits per heavy atom. The molecule has 288 valence electrons. The SMILES string of the molecule is CC/C=C/CCCC(CCC/C=C/CC)CCCCCCCC(CCCCCCCC/C=C/CCCCCC)CC(=O)CCCCN(C)C. The lowest BCUT2D eigenvalue weighted by atomic mass is 9.88. The van der Waals surface area contributed by atoms with Gasteiger partial charge in [-0.3, -0.25) is 4.79 Å². The van der Waals surface area contributed by atoms with E-state index < -0.39 is 0 Å². The Morgan fingerprint density at radius 3 is 1.35 bits per heavy atom. The molecule has 0 saturated carbocycles. The summed E-state index contributed by atoms with van der Waals surface area (Å²) < 4.78 is 0. The molecule has 2 heteroatoms. The van der Waals surface area contributed by atoms with Gasteiger partial charge in [0.15, 0.2) is 0 Å². The van der Waals surface area contributed by atoms with Crippen LogP contribution in [0.15, 0.2) is 36.5 Å². The lowest BCUT2D eigenvalue weighted by molar-refractivity contribution is -0.120. The van der Waals surface area contributed by atoms with E-state index in [2.05, 4.69) is 76.2 Å². The molecule has 0 aliphatic heterocycles. The Labute approximate surface area is 309 Å². The van der Waals surface area contributed by atoms with Crippen molar-refractivity contribution in [3.63, 3.8) is 0 Å². The summed E-state index contributed by atoms with van der Waals surface area (Å²) in [4.78, 5) is 15.1. The summed E-state index contributed by atoms with van der Waals surface area (Å²) in [6.45, 7) is 7.85. The van der Waals surface area contributed by atoms with E-state index in [1.807, 2.05) is 0 Å². The average Bonchev–Trinajstić information content (AvgIpc) is 3.09. The van der Waals surface area contributed by atoms with Crippen LogP contribution in [0.2, 0.25) is 0 Å². The van der Waals surface area contributed by atoms with E-state index in [0.717, 1.165) is 38.1 Å². The highest BCUT2D eigenvalue weighted by atomic mass is 16.1. The van der Waals surface area contributed by atoms with Gasteiger partial charge in [0.25, 0.3) is 0 Å². The van der Waals surface area contributed by atoms with Gasteiger partial charge in [-0.15, -0.1) is 0 Å². The molecule has 1 atom stereocenters. The standard InChI is InChI=1S/C47H89NO/c1-6-9-12-15-16-17-18-19-20-21-22-23-27-33-40-46(44-47(49)42-35-36-43-48(4)5)41-34-29-24-28-32-39-45(37-30-25-13-10-7-2)38-31-26-14-11-8-3/h10-11,13-14,17-18,45-46H,6-9,12,15-16,19-44H2,1-5H3/b13-10+,14-11+,18-17+. The zero-order valence-electron chi connectivity index (χ0n) is 34.3. The second-order valence-electron chi connectivity index (χ2n) is 15.7. The first-order valence-corrected chi connectivity index (χ1v) is 22.1. The molecular weight excluding hydrogens is 595 g/mol. The summed E-state index contributed by atoms with van der Waals surface area (Å²) in [6, 6.07) is 0. The third-order valence-corrected chi connectivity index (χ3v) is 10.4. The first kappa shape index (κ1) is 47.8. The van der Waals surface area contributed by atoms with Gasteiger partial charge in [0.1, 0.15) is 5.78 Å². The highest BCUT2D eigenvalue weighted by Gasteiger charge is 2.14. The Kier molecular flexibility index (Phi) is 38.7. The minimum absolute atomic E-state index is 0.531. The van der Waals surface area contributed by atoms with Crippen molar-refractivity contribution < 1.29 is 4.79 Å². The van der Waals surface area contributed by atoms with Crippen LogP contribution in [0.3, 0.4) is 0 Å². The molecule has 0 aliphatic carbocycles. The van der Waals surface area contributed by atoms with Crippen LogP contribution in [0.5, 0.6) is 0 Å². The predicted molar refractivity (Wildman–Crippen MR) is 223 cm³/mol. The Hall–Kier alpha value is -1.15. The number of ketones is 1. The zero-order valence-corrected chi connectivity index (χ0v) is 34.3. The number of hydrogen-bond donors (Lipinski definition) is 0. The van der Waals surface area contributed by atoms with Crippen molar-refractivity contribution in [2.24, 2.45) is 11.8 Å². The van der Waals surface area contributed by atoms with E-state index in [4.69, 9.17) is 0 Å². The lowest BCUT2D eigenvalue weighted by Crippen LogP contribution is -2.14. The molecule has 49 heavy (non-hydrogen) atoms. The van der Waals surface area contributed by atoms with Crippen molar-refractivity contribution in [1.82, 2.24) is 4.90 Å². The monoisotopic (exact) mass is 684 g/mol. The van der Waals surface area contributed by atoms with Gasteiger partial charge in [-0.1, -0.05) is 173 Å². The molecule has 2 nitrogen and oxygen atoms in total. The van der Waals surface area contributed by atoms with Crippen LogP contribution >= 0.6 is 0 Å². The summed E-state index contributed by atoms with van der Waals surface area (Å²) >= 11 is 0. The maximum atomic E-state index is 12.9. The number of hydrogen-bond acceptors (Lipinski definition) is 2. The Bertz CT molecular complexity index is 729. The van der Waals surface area contributed by atoms with E-state index in [9.17, 15) is 4.79 Å². The third-order valence-electron chi connectivity index (χ3n) is 10.4. The molecule has 0 heterocycles. The normalized spacial score (nSPS) is 13.0. The average molecular weight is 684 g/mol. The quantitative estimate of drug-likeness (QED) is 0.0475. The van der Waals surface area contributed by atoms with Crippen molar-refractivity contribution in [1.29, 1.82) is 0 Å². The number of rotatable bonds is 39. The predicted octanol–water partition coefficient (Wildman–Crippen LogP) is 15.6.